The molecule has 0 aliphatic heterocycles. The van der Waals surface area contributed by atoms with Gasteiger partial charge in [-0.3, -0.25) is 14.9 Å². The zero-order chi connectivity index (χ0) is 15.3. The van der Waals surface area contributed by atoms with E-state index < -0.39 is 10.9 Å². The van der Waals surface area contributed by atoms with Gasteiger partial charge in [0.05, 0.1) is 15.4 Å². The van der Waals surface area contributed by atoms with Gasteiger partial charge in [0.15, 0.2) is 0 Å². The van der Waals surface area contributed by atoms with Crippen LogP contribution in [0.1, 0.15) is 30.9 Å². The predicted octanol–water partition coefficient (Wildman–Crippen LogP) is 3.89. The largest absolute Gasteiger partial charge is 0.481 e. The van der Waals surface area contributed by atoms with Crippen molar-refractivity contribution in [3.8, 4) is 0 Å². The molecule has 6 heteroatoms. The standard InChI is InChI=1S/C14H17NO4S/c1-4-10(6-8-12(16)17)13-9(2)5-7-11(20-3)14(13)15(18)19/h4-5,7H,6,8H2,1-3H3,(H,16,17)/b10-4-. The number of thioether (sulfide) groups is 1. The van der Waals surface area contributed by atoms with Gasteiger partial charge in [-0.2, -0.15) is 0 Å². The Morgan fingerprint density at radius 3 is 2.55 bits per heavy atom. The van der Waals surface area contributed by atoms with Gasteiger partial charge in [-0.15, -0.1) is 11.8 Å². The van der Waals surface area contributed by atoms with Gasteiger partial charge in [0, 0.05) is 6.42 Å². The van der Waals surface area contributed by atoms with Gasteiger partial charge >= 0.3 is 5.97 Å². The average Bonchev–Trinajstić information content (AvgIpc) is 2.39. The molecule has 20 heavy (non-hydrogen) atoms. The number of allylic oxidation sites excluding steroid dienone is 2. The molecule has 108 valence electrons. The number of aryl methyl sites for hydroxylation is 1. The minimum atomic E-state index is -0.911. The summed E-state index contributed by atoms with van der Waals surface area (Å²) in [6.45, 7) is 3.57. The van der Waals surface area contributed by atoms with Crippen molar-refractivity contribution < 1.29 is 14.8 Å². The van der Waals surface area contributed by atoms with E-state index in [2.05, 4.69) is 0 Å². The maximum Gasteiger partial charge on any atom is 0.303 e. The number of rotatable bonds is 6. The van der Waals surface area contributed by atoms with E-state index in [9.17, 15) is 14.9 Å². The first-order valence-corrected chi connectivity index (χ1v) is 7.34. The fourth-order valence-corrected chi connectivity index (χ4v) is 2.65. The molecule has 1 aromatic carbocycles. The van der Waals surface area contributed by atoms with Gasteiger partial charge in [-0.1, -0.05) is 12.1 Å². The lowest BCUT2D eigenvalue weighted by Gasteiger charge is -2.12. The summed E-state index contributed by atoms with van der Waals surface area (Å²) in [6, 6.07) is 3.56. The lowest BCUT2D eigenvalue weighted by molar-refractivity contribution is -0.388. The van der Waals surface area contributed by atoms with Crippen molar-refractivity contribution in [2.75, 3.05) is 6.26 Å². The topological polar surface area (TPSA) is 80.4 Å². The second-order valence-electron chi connectivity index (χ2n) is 4.27. The number of carbonyl (C=O) groups is 1. The van der Waals surface area contributed by atoms with Gasteiger partial charge in [-0.05, 0) is 43.7 Å². The molecule has 0 bridgehead atoms. The molecule has 0 spiro atoms. The molecule has 0 aliphatic carbocycles. The fraction of sp³-hybridized carbons (Fsp3) is 0.357. The number of aliphatic carboxylic acids is 1. The summed E-state index contributed by atoms with van der Waals surface area (Å²) >= 11 is 1.31. The molecule has 0 heterocycles. The minimum Gasteiger partial charge on any atom is -0.481 e. The Morgan fingerprint density at radius 2 is 2.10 bits per heavy atom. The molecule has 0 atom stereocenters. The molecular formula is C14H17NO4S. The highest BCUT2D eigenvalue weighted by Crippen LogP contribution is 2.38. The Labute approximate surface area is 121 Å². The number of nitro benzene ring substituents is 1. The van der Waals surface area contributed by atoms with Crippen molar-refractivity contribution >= 4 is 29.0 Å². The van der Waals surface area contributed by atoms with E-state index in [0.29, 0.717) is 16.0 Å². The molecule has 5 nitrogen and oxygen atoms in total. The van der Waals surface area contributed by atoms with Crippen LogP contribution in [0.4, 0.5) is 5.69 Å². The number of nitrogens with zero attached hydrogens (tertiary/aromatic N) is 1. The molecule has 0 aliphatic rings. The molecule has 1 aromatic rings. The molecule has 1 N–H and O–H groups in total. The van der Waals surface area contributed by atoms with Gasteiger partial charge < -0.3 is 5.11 Å². The summed E-state index contributed by atoms with van der Waals surface area (Å²) in [7, 11) is 0. The van der Waals surface area contributed by atoms with Crippen LogP contribution in [-0.2, 0) is 4.79 Å². The number of carboxylic acids is 1. The normalized spacial score (nSPS) is 11.4. The van der Waals surface area contributed by atoms with Crippen LogP contribution < -0.4 is 0 Å². The van der Waals surface area contributed by atoms with E-state index in [1.165, 1.54) is 11.8 Å². The van der Waals surface area contributed by atoms with Gasteiger partial charge in [0.2, 0.25) is 0 Å². The molecule has 0 amide bonds. The van der Waals surface area contributed by atoms with Crippen LogP contribution in [-0.4, -0.2) is 22.3 Å². The molecule has 0 unspecified atom stereocenters. The molecule has 0 saturated carbocycles. The predicted molar refractivity (Wildman–Crippen MR) is 80.1 cm³/mol. The first-order chi connectivity index (χ1) is 9.42. The Kier molecular flexibility index (Phi) is 5.76. The molecule has 1 rings (SSSR count). The van der Waals surface area contributed by atoms with Gasteiger partial charge in [0.25, 0.3) is 5.69 Å². The summed E-state index contributed by atoms with van der Waals surface area (Å²) in [5.74, 6) is -0.911. The molecular weight excluding hydrogens is 278 g/mol. The first kappa shape index (κ1) is 16.2. The fourth-order valence-electron chi connectivity index (χ4n) is 2.08. The number of hydrogen-bond acceptors (Lipinski definition) is 4. The maximum absolute atomic E-state index is 11.4. The first-order valence-electron chi connectivity index (χ1n) is 6.11. The summed E-state index contributed by atoms with van der Waals surface area (Å²) in [5.41, 5.74) is 2.10. The van der Waals surface area contributed by atoms with Crippen LogP contribution >= 0.6 is 11.8 Å². The van der Waals surface area contributed by atoms with E-state index in [-0.39, 0.29) is 18.5 Å². The monoisotopic (exact) mass is 295 g/mol. The van der Waals surface area contributed by atoms with E-state index in [1.807, 2.05) is 6.07 Å². The number of benzene rings is 1. The summed E-state index contributed by atoms with van der Waals surface area (Å²) in [4.78, 5) is 22.3. The Bertz CT molecular complexity index is 567. The van der Waals surface area contributed by atoms with Crippen molar-refractivity contribution in [3.63, 3.8) is 0 Å². The number of nitro groups is 1. The van der Waals surface area contributed by atoms with E-state index in [0.717, 1.165) is 5.56 Å². The Balaban J connectivity index is 3.40. The summed E-state index contributed by atoms with van der Waals surface area (Å²) in [6.07, 6.45) is 3.78. The van der Waals surface area contributed by atoms with Crippen LogP contribution in [0.3, 0.4) is 0 Å². The minimum absolute atomic E-state index is 0.0419. The third kappa shape index (κ3) is 3.60. The molecule has 0 saturated heterocycles. The SMILES string of the molecule is C/C=C(/CCC(=O)O)c1c(C)ccc(SC)c1[N+](=O)[O-]. The van der Waals surface area contributed by atoms with E-state index in [1.54, 1.807) is 32.2 Å². The van der Waals surface area contributed by atoms with Crippen molar-refractivity contribution in [1.82, 2.24) is 0 Å². The lowest BCUT2D eigenvalue weighted by Crippen LogP contribution is -2.02. The molecule has 0 fully saturated rings. The highest BCUT2D eigenvalue weighted by molar-refractivity contribution is 7.98. The number of carboxylic acid groups (broad SMARTS) is 1. The van der Waals surface area contributed by atoms with Crippen LogP contribution in [0, 0.1) is 17.0 Å². The highest BCUT2D eigenvalue weighted by atomic mass is 32.2. The van der Waals surface area contributed by atoms with Crippen LogP contribution in [0.15, 0.2) is 23.1 Å². The summed E-state index contributed by atoms with van der Waals surface area (Å²) in [5, 5.41) is 20.1. The van der Waals surface area contributed by atoms with Crippen molar-refractivity contribution in [2.24, 2.45) is 0 Å². The third-order valence-corrected chi connectivity index (χ3v) is 3.80. The average molecular weight is 295 g/mol. The zero-order valence-corrected chi connectivity index (χ0v) is 12.5. The van der Waals surface area contributed by atoms with Gasteiger partial charge in [-0.25, -0.2) is 0 Å². The third-order valence-electron chi connectivity index (χ3n) is 3.03. The molecule has 0 aromatic heterocycles. The Hall–Kier alpha value is -1.82. The second kappa shape index (κ2) is 7.09. The van der Waals surface area contributed by atoms with Crippen molar-refractivity contribution in [3.05, 3.63) is 39.4 Å². The highest BCUT2D eigenvalue weighted by Gasteiger charge is 2.23. The van der Waals surface area contributed by atoms with E-state index >= 15 is 0 Å². The Morgan fingerprint density at radius 1 is 1.45 bits per heavy atom. The number of hydrogen-bond donors (Lipinski definition) is 1. The lowest BCUT2D eigenvalue weighted by atomic mass is 9.95. The smallest absolute Gasteiger partial charge is 0.303 e. The molecule has 0 radical (unpaired) electrons. The van der Waals surface area contributed by atoms with Crippen molar-refractivity contribution in [2.45, 2.75) is 31.6 Å². The van der Waals surface area contributed by atoms with Crippen LogP contribution in [0.5, 0.6) is 0 Å². The quantitative estimate of drug-likeness (QED) is 0.489. The second-order valence-corrected chi connectivity index (χ2v) is 5.12. The maximum atomic E-state index is 11.4. The van der Waals surface area contributed by atoms with E-state index in [4.69, 9.17) is 5.11 Å². The van der Waals surface area contributed by atoms with Gasteiger partial charge in [0.1, 0.15) is 0 Å². The van der Waals surface area contributed by atoms with Crippen LogP contribution in [0.2, 0.25) is 0 Å². The van der Waals surface area contributed by atoms with Crippen LogP contribution in [0.25, 0.3) is 5.57 Å². The van der Waals surface area contributed by atoms with Crippen molar-refractivity contribution in [1.29, 1.82) is 0 Å². The summed E-state index contributed by atoms with van der Waals surface area (Å²) < 4.78 is 0. The zero-order valence-electron chi connectivity index (χ0n) is 11.7.